The van der Waals surface area contributed by atoms with Gasteiger partial charge < -0.3 is 19.4 Å². The molecular weight excluding hydrogens is 351 g/mol. The highest BCUT2D eigenvalue weighted by atomic mass is 28.4. The van der Waals surface area contributed by atoms with E-state index in [0.717, 1.165) is 4.57 Å². The van der Waals surface area contributed by atoms with Crippen molar-refractivity contribution in [1.29, 1.82) is 0 Å². The van der Waals surface area contributed by atoms with Gasteiger partial charge in [-0.15, -0.1) is 0 Å². The van der Waals surface area contributed by atoms with E-state index in [9.17, 15) is 24.2 Å². The molecule has 1 aliphatic rings. The summed E-state index contributed by atoms with van der Waals surface area (Å²) >= 11 is 0. The average molecular weight is 376 g/mol. The maximum atomic E-state index is 13.5. The molecule has 2 unspecified atom stereocenters. The van der Waals surface area contributed by atoms with Crippen molar-refractivity contribution in [3.8, 4) is 0 Å². The van der Waals surface area contributed by atoms with Gasteiger partial charge in [-0.1, -0.05) is 20.8 Å². The van der Waals surface area contributed by atoms with Crippen molar-refractivity contribution in [2.24, 2.45) is 0 Å². The number of ether oxygens (including phenoxy) is 1. The number of aliphatic hydroxyl groups excluding tert-OH is 2. The quantitative estimate of drug-likeness (QED) is 0.652. The first-order chi connectivity index (χ1) is 11.4. The molecule has 4 atom stereocenters. The molecule has 0 aliphatic carbocycles. The van der Waals surface area contributed by atoms with Gasteiger partial charge in [0.25, 0.3) is 5.56 Å². The third-order valence-corrected chi connectivity index (χ3v) is 9.40. The van der Waals surface area contributed by atoms with Crippen molar-refractivity contribution in [2.45, 2.75) is 63.4 Å². The lowest BCUT2D eigenvalue weighted by molar-refractivity contribution is -0.0551. The van der Waals surface area contributed by atoms with Crippen molar-refractivity contribution >= 4 is 8.32 Å². The Balaban J connectivity index is 2.36. The molecule has 1 saturated heterocycles. The largest absolute Gasteiger partial charge is 0.408 e. The lowest BCUT2D eigenvalue weighted by Gasteiger charge is -2.39. The van der Waals surface area contributed by atoms with Crippen LogP contribution in [0.4, 0.5) is 4.39 Å². The van der Waals surface area contributed by atoms with E-state index in [2.05, 4.69) is 0 Å². The van der Waals surface area contributed by atoms with Gasteiger partial charge in [-0.2, -0.15) is 4.39 Å². The summed E-state index contributed by atoms with van der Waals surface area (Å²) in [5, 5.41) is 20.0. The number of aromatic amines is 1. The van der Waals surface area contributed by atoms with Crippen LogP contribution in [-0.2, 0) is 9.16 Å². The number of hydrogen-bond donors (Lipinski definition) is 3. The zero-order chi connectivity index (χ0) is 19.2. The highest BCUT2D eigenvalue weighted by molar-refractivity contribution is 6.74. The number of aromatic nitrogens is 2. The minimum absolute atomic E-state index is 0.147. The third kappa shape index (κ3) is 3.77. The predicted molar refractivity (Wildman–Crippen MR) is 90.4 cm³/mol. The fourth-order valence-corrected chi connectivity index (χ4v) is 3.73. The molecule has 0 spiro atoms. The minimum atomic E-state index is -2.30. The first-order valence-electron chi connectivity index (χ1n) is 8.02. The fourth-order valence-electron chi connectivity index (χ4n) is 2.41. The molecule has 0 saturated carbocycles. The third-order valence-electron chi connectivity index (χ3n) is 4.92. The van der Waals surface area contributed by atoms with Crippen molar-refractivity contribution in [3.63, 3.8) is 0 Å². The van der Waals surface area contributed by atoms with Crippen LogP contribution in [0.1, 0.15) is 27.0 Å². The predicted octanol–water partition coefficient (Wildman–Crippen LogP) is 0.317. The van der Waals surface area contributed by atoms with Gasteiger partial charge in [-0.3, -0.25) is 14.3 Å². The summed E-state index contributed by atoms with van der Waals surface area (Å²) in [6, 6.07) is 0. The van der Waals surface area contributed by atoms with Gasteiger partial charge in [0.1, 0.15) is 18.3 Å². The van der Waals surface area contributed by atoms with E-state index >= 15 is 0 Å². The Kier molecular flexibility index (Phi) is 5.41. The van der Waals surface area contributed by atoms with Gasteiger partial charge in [0, 0.05) is 0 Å². The summed E-state index contributed by atoms with van der Waals surface area (Å²) in [6.45, 7) is 9.59. The van der Waals surface area contributed by atoms with E-state index < -0.39 is 56.5 Å². The molecule has 1 aromatic heterocycles. The lowest BCUT2D eigenvalue weighted by atomic mass is 10.1. The Morgan fingerprint density at radius 2 is 2.00 bits per heavy atom. The Morgan fingerprint density at radius 1 is 1.40 bits per heavy atom. The second-order valence-electron chi connectivity index (χ2n) is 7.72. The SMILES string of the molecule is CC(C)(C)[Si](C)(C)OC1C(O)[C@@H](n2cc(F)c(=O)[nH]c2=O)O[C@H]1CO. The number of halogens is 1. The fraction of sp³-hybridized carbons (Fsp3) is 0.733. The second-order valence-corrected chi connectivity index (χ2v) is 12.5. The molecule has 0 radical (unpaired) electrons. The average Bonchev–Trinajstić information content (AvgIpc) is 2.78. The topological polar surface area (TPSA) is 114 Å². The minimum Gasteiger partial charge on any atom is -0.408 e. The van der Waals surface area contributed by atoms with Crippen LogP contribution in [0.3, 0.4) is 0 Å². The molecule has 0 bridgehead atoms. The zero-order valence-electron chi connectivity index (χ0n) is 14.9. The molecule has 8 nitrogen and oxygen atoms in total. The molecule has 1 aromatic rings. The highest BCUT2D eigenvalue weighted by Crippen LogP contribution is 2.40. The number of nitrogens with one attached hydrogen (secondary N) is 1. The van der Waals surface area contributed by atoms with Gasteiger partial charge in [-0.05, 0) is 18.1 Å². The molecule has 10 heteroatoms. The number of aliphatic hydroxyl groups is 2. The van der Waals surface area contributed by atoms with Crippen molar-refractivity contribution < 1.29 is 23.8 Å². The molecule has 2 rings (SSSR count). The van der Waals surface area contributed by atoms with Crippen molar-refractivity contribution in [3.05, 3.63) is 32.9 Å². The molecule has 0 aromatic carbocycles. The number of rotatable bonds is 4. The Bertz CT molecular complexity index is 741. The second kappa shape index (κ2) is 6.76. The summed E-state index contributed by atoms with van der Waals surface area (Å²) in [7, 11) is -2.30. The van der Waals surface area contributed by atoms with Crippen LogP contribution in [0.2, 0.25) is 18.1 Å². The van der Waals surface area contributed by atoms with E-state index in [1.807, 2.05) is 38.8 Å². The van der Waals surface area contributed by atoms with Crippen LogP contribution in [0.25, 0.3) is 0 Å². The summed E-state index contributed by atoms with van der Waals surface area (Å²) in [4.78, 5) is 24.9. The van der Waals surface area contributed by atoms with Crippen molar-refractivity contribution in [1.82, 2.24) is 9.55 Å². The Hall–Kier alpha value is -1.33. The van der Waals surface area contributed by atoms with Gasteiger partial charge in [0.15, 0.2) is 14.5 Å². The Morgan fingerprint density at radius 3 is 2.52 bits per heavy atom. The zero-order valence-corrected chi connectivity index (χ0v) is 15.9. The first kappa shape index (κ1) is 20.0. The van der Waals surface area contributed by atoms with E-state index in [4.69, 9.17) is 9.16 Å². The van der Waals surface area contributed by atoms with Crippen molar-refractivity contribution in [2.75, 3.05) is 6.61 Å². The van der Waals surface area contributed by atoms with Crippen LogP contribution in [-0.4, -0.2) is 53.0 Å². The van der Waals surface area contributed by atoms with Crippen LogP contribution < -0.4 is 11.2 Å². The summed E-state index contributed by atoms with van der Waals surface area (Å²) < 4.78 is 26.0. The summed E-state index contributed by atoms with van der Waals surface area (Å²) in [5.74, 6) is -1.18. The number of hydrogen-bond acceptors (Lipinski definition) is 6. The summed E-state index contributed by atoms with van der Waals surface area (Å²) in [5.41, 5.74) is -2.07. The molecule has 2 heterocycles. The van der Waals surface area contributed by atoms with Gasteiger partial charge >= 0.3 is 5.69 Å². The van der Waals surface area contributed by atoms with Gasteiger partial charge in [0.2, 0.25) is 5.82 Å². The van der Waals surface area contributed by atoms with Gasteiger partial charge in [-0.25, -0.2) is 4.79 Å². The van der Waals surface area contributed by atoms with Crippen LogP contribution in [0.5, 0.6) is 0 Å². The molecule has 1 aliphatic heterocycles. The standard InChI is InChI=1S/C15H25FN2O6Si/c1-15(2,3)25(4,5)24-11-9(7-19)23-13(10(11)20)18-6-8(16)12(21)17-14(18)22/h6,9-11,13,19-20H,7H2,1-5H3,(H,17,21,22)/t9-,10?,11?,13-/m0/s1. The molecule has 142 valence electrons. The molecule has 25 heavy (non-hydrogen) atoms. The summed E-state index contributed by atoms with van der Waals surface area (Å²) in [6.07, 6.45) is -3.66. The van der Waals surface area contributed by atoms with Gasteiger partial charge in [0.05, 0.1) is 12.8 Å². The highest BCUT2D eigenvalue weighted by Gasteiger charge is 2.50. The Labute approximate surface area is 145 Å². The lowest BCUT2D eigenvalue weighted by Crippen LogP contribution is -2.50. The molecule has 3 N–H and O–H groups in total. The molecular formula is C15H25FN2O6Si. The maximum Gasteiger partial charge on any atom is 0.330 e. The van der Waals surface area contributed by atoms with E-state index in [1.165, 1.54) is 0 Å². The molecule has 1 fully saturated rings. The smallest absolute Gasteiger partial charge is 0.330 e. The number of H-pyrrole nitrogens is 1. The molecule has 0 amide bonds. The van der Waals surface area contributed by atoms with E-state index in [1.54, 1.807) is 0 Å². The number of nitrogens with zero attached hydrogens (tertiary/aromatic N) is 1. The van der Waals surface area contributed by atoms with Crippen LogP contribution in [0, 0.1) is 5.82 Å². The van der Waals surface area contributed by atoms with E-state index in [0.29, 0.717) is 6.20 Å². The van der Waals surface area contributed by atoms with Crippen LogP contribution >= 0.6 is 0 Å². The maximum absolute atomic E-state index is 13.5. The van der Waals surface area contributed by atoms with E-state index in [-0.39, 0.29) is 5.04 Å². The first-order valence-corrected chi connectivity index (χ1v) is 10.9. The normalized spacial score (nSPS) is 27.7. The monoisotopic (exact) mass is 376 g/mol. The van der Waals surface area contributed by atoms with Crippen LogP contribution in [0.15, 0.2) is 15.8 Å².